The highest BCUT2D eigenvalue weighted by Crippen LogP contribution is 2.50. The summed E-state index contributed by atoms with van der Waals surface area (Å²) >= 11 is 0. The molecule has 0 saturated heterocycles. The first kappa shape index (κ1) is 26.3. The maximum atomic E-state index is 2.50. The largest absolute Gasteiger partial charge is 0.308 e. The molecular formula is C48H28N2. The molecule has 230 valence electrons. The summed E-state index contributed by atoms with van der Waals surface area (Å²) in [7, 11) is 0. The molecule has 0 amide bonds. The summed E-state index contributed by atoms with van der Waals surface area (Å²) in [5, 5.41) is 5.11. The standard InChI is InChI=1S/C48H28N2/c1-3-14-33-31(12-1)35-16-5-9-22-44(35)50-46-25-24-29(26-40(46)39-20-11-19-38(33)47(39)50)30-27-41-34-15-4-2-13-32(34)36-17-6-8-21-43(36)49-45-23-10-7-18-37(45)42(28-30)48(41)49/h1-28H. The van der Waals surface area contributed by atoms with Crippen LogP contribution in [0.2, 0.25) is 0 Å². The average molecular weight is 633 g/mol. The lowest BCUT2D eigenvalue weighted by Gasteiger charge is -2.13. The monoisotopic (exact) mass is 632 g/mol. The van der Waals surface area contributed by atoms with E-state index in [1.165, 1.54) is 111 Å². The van der Waals surface area contributed by atoms with Crippen LogP contribution in [-0.2, 0) is 0 Å². The van der Waals surface area contributed by atoms with Crippen molar-refractivity contribution < 1.29 is 0 Å². The van der Waals surface area contributed by atoms with Gasteiger partial charge in [-0.3, -0.25) is 0 Å². The van der Waals surface area contributed by atoms with Gasteiger partial charge in [-0.2, -0.15) is 0 Å². The molecule has 8 aromatic carbocycles. The first-order valence-corrected chi connectivity index (χ1v) is 17.4. The molecule has 12 rings (SSSR count). The Balaban J connectivity index is 1.18. The lowest BCUT2D eigenvalue weighted by Crippen LogP contribution is -1.95. The van der Waals surface area contributed by atoms with Crippen molar-refractivity contribution in [3.05, 3.63) is 170 Å². The van der Waals surface area contributed by atoms with Crippen LogP contribution in [0, 0.1) is 0 Å². The second-order valence-electron chi connectivity index (χ2n) is 13.7. The number of benzene rings is 8. The molecule has 0 unspecified atom stereocenters. The highest BCUT2D eigenvalue weighted by Gasteiger charge is 2.27. The normalized spacial score (nSPS) is 12.4. The molecule has 0 N–H and O–H groups in total. The lowest BCUT2D eigenvalue weighted by atomic mass is 9.91. The second kappa shape index (κ2) is 9.49. The van der Waals surface area contributed by atoms with Gasteiger partial charge in [0.05, 0.1) is 33.4 Å². The van der Waals surface area contributed by atoms with Gasteiger partial charge in [0.1, 0.15) is 0 Å². The predicted octanol–water partition coefficient (Wildman–Crippen LogP) is 12.8. The SMILES string of the molecule is c1ccc2c(c1)-c1ccccc1-n1c3ccc(-c4cc5c6c(c4)c4ccccc4n6-c4ccccc4-c4ccccc4-5)cc3c3cccc-2c31. The third kappa shape index (κ3) is 3.28. The molecule has 0 bridgehead atoms. The van der Waals surface area contributed by atoms with E-state index in [0.29, 0.717) is 0 Å². The summed E-state index contributed by atoms with van der Waals surface area (Å²) in [6, 6.07) is 63.1. The molecule has 2 aromatic heterocycles. The van der Waals surface area contributed by atoms with Crippen molar-refractivity contribution in [1.82, 2.24) is 9.13 Å². The second-order valence-corrected chi connectivity index (χ2v) is 13.7. The molecule has 0 spiro atoms. The van der Waals surface area contributed by atoms with Crippen LogP contribution in [0.15, 0.2) is 170 Å². The lowest BCUT2D eigenvalue weighted by molar-refractivity contribution is 1.19. The van der Waals surface area contributed by atoms with Crippen LogP contribution in [0.25, 0.3) is 111 Å². The molecule has 2 aliphatic rings. The topological polar surface area (TPSA) is 9.86 Å². The Kier molecular flexibility index (Phi) is 5.00. The minimum absolute atomic E-state index is 1.22. The number of aromatic nitrogens is 2. The zero-order valence-electron chi connectivity index (χ0n) is 27.1. The molecule has 2 nitrogen and oxygen atoms in total. The van der Waals surface area contributed by atoms with Gasteiger partial charge in [-0.25, -0.2) is 0 Å². The summed E-state index contributed by atoms with van der Waals surface area (Å²) in [6.07, 6.45) is 0. The van der Waals surface area contributed by atoms with Crippen molar-refractivity contribution in [3.63, 3.8) is 0 Å². The van der Waals surface area contributed by atoms with Gasteiger partial charge < -0.3 is 9.13 Å². The summed E-state index contributed by atoms with van der Waals surface area (Å²) in [5.74, 6) is 0. The summed E-state index contributed by atoms with van der Waals surface area (Å²) in [4.78, 5) is 0. The molecule has 2 aliphatic heterocycles. The number of hydrogen-bond acceptors (Lipinski definition) is 0. The average Bonchev–Trinajstić information content (AvgIpc) is 3.61. The third-order valence-corrected chi connectivity index (χ3v) is 11.2. The molecule has 50 heavy (non-hydrogen) atoms. The van der Waals surface area contributed by atoms with Crippen LogP contribution in [0.1, 0.15) is 0 Å². The van der Waals surface area contributed by atoms with Crippen LogP contribution >= 0.6 is 0 Å². The molecule has 4 heterocycles. The van der Waals surface area contributed by atoms with Crippen LogP contribution in [0.5, 0.6) is 0 Å². The van der Waals surface area contributed by atoms with Crippen LogP contribution in [-0.4, -0.2) is 9.13 Å². The van der Waals surface area contributed by atoms with Gasteiger partial charge in [0.25, 0.3) is 0 Å². The van der Waals surface area contributed by atoms with Crippen molar-refractivity contribution in [1.29, 1.82) is 0 Å². The van der Waals surface area contributed by atoms with E-state index in [1.54, 1.807) is 0 Å². The van der Waals surface area contributed by atoms with E-state index >= 15 is 0 Å². The van der Waals surface area contributed by atoms with Crippen molar-refractivity contribution in [3.8, 4) is 67.0 Å². The van der Waals surface area contributed by atoms with Gasteiger partial charge in [0.15, 0.2) is 0 Å². The minimum atomic E-state index is 1.22. The number of nitrogens with zero attached hydrogens (tertiary/aromatic N) is 2. The molecule has 10 aromatic rings. The van der Waals surface area contributed by atoms with E-state index in [4.69, 9.17) is 0 Å². The Bertz CT molecular complexity index is 3100. The molecule has 0 atom stereocenters. The van der Waals surface area contributed by atoms with Crippen LogP contribution < -0.4 is 0 Å². The Labute approximate surface area is 288 Å². The fraction of sp³-hybridized carbons (Fsp3) is 0. The van der Waals surface area contributed by atoms with E-state index in [9.17, 15) is 0 Å². The smallest absolute Gasteiger partial charge is 0.0620 e. The van der Waals surface area contributed by atoms with Crippen molar-refractivity contribution >= 4 is 43.6 Å². The van der Waals surface area contributed by atoms with Crippen LogP contribution in [0.3, 0.4) is 0 Å². The Hall–Kier alpha value is -6.64. The van der Waals surface area contributed by atoms with E-state index in [2.05, 4.69) is 179 Å². The maximum Gasteiger partial charge on any atom is 0.0620 e. The zero-order valence-corrected chi connectivity index (χ0v) is 27.1. The van der Waals surface area contributed by atoms with E-state index < -0.39 is 0 Å². The van der Waals surface area contributed by atoms with Gasteiger partial charge in [-0.05, 0) is 75.8 Å². The van der Waals surface area contributed by atoms with Gasteiger partial charge in [0.2, 0.25) is 0 Å². The fourth-order valence-corrected chi connectivity index (χ4v) is 9.13. The van der Waals surface area contributed by atoms with Crippen molar-refractivity contribution in [2.75, 3.05) is 0 Å². The van der Waals surface area contributed by atoms with Gasteiger partial charge >= 0.3 is 0 Å². The molecule has 0 fully saturated rings. The maximum absolute atomic E-state index is 2.50. The molecular weight excluding hydrogens is 605 g/mol. The molecule has 0 radical (unpaired) electrons. The van der Waals surface area contributed by atoms with E-state index in [1.807, 2.05) is 0 Å². The Morgan fingerprint density at radius 2 is 0.740 bits per heavy atom. The summed E-state index contributed by atoms with van der Waals surface area (Å²) in [5.41, 5.74) is 20.1. The third-order valence-electron chi connectivity index (χ3n) is 11.2. The predicted molar refractivity (Wildman–Crippen MR) is 209 cm³/mol. The molecule has 2 heteroatoms. The van der Waals surface area contributed by atoms with E-state index in [-0.39, 0.29) is 0 Å². The van der Waals surface area contributed by atoms with Gasteiger partial charge in [-0.15, -0.1) is 0 Å². The number of fused-ring (bicyclic) bond motifs is 16. The first-order chi connectivity index (χ1) is 24.8. The Morgan fingerprint density at radius 1 is 0.260 bits per heavy atom. The van der Waals surface area contributed by atoms with Gasteiger partial charge in [-0.1, -0.05) is 127 Å². The van der Waals surface area contributed by atoms with Gasteiger partial charge in [0, 0.05) is 43.8 Å². The number of rotatable bonds is 1. The molecule has 0 saturated carbocycles. The minimum Gasteiger partial charge on any atom is -0.308 e. The zero-order chi connectivity index (χ0) is 32.5. The van der Waals surface area contributed by atoms with Crippen molar-refractivity contribution in [2.24, 2.45) is 0 Å². The van der Waals surface area contributed by atoms with E-state index in [0.717, 1.165) is 0 Å². The highest BCUT2D eigenvalue weighted by atomic mass is 15.0. The summed E-state index contributed by atoms with van der Waals surface area (Å²) < 4.78 is 4.99. The molecule has 0 aliphatic carbocycles. The number of hydrogen-bond donors (Lipinski definition) is 0. The van der Waals surface area contributed by atoms with Crippen LogP contribution in [0.4, 0.5) is 0 Å². The van der Waals surface area contributed by atoms with Crippen molar-refractivity contribution in [2.45, 2.75) is 0 Å². The summed E-state index contributed by atoms with van der Waals surface area (Å²) in [6.45, 7) is 0. The number of para-hydroxylation sites is 4. The quantitative estimate of drug-likeness (QED) is 0.170. The Morgan fingerprint density at radius 3 is 1.44 bits per heavy atom. The first-order valence-electron chi connectivity index (χ1n) is 17.4. The highest BCUT2D eigenvalue weighted by molar-refractivity contribution is 6.19. The fourth-order valence-electron chi connectivity index (χ4n) is 9.13.